The van der Waals surface area contributed by atoms with Crippen LogP contribution in [-0.4, -0.2) is 81.9 Å². The number of ether oxygens (including phenoxy) is 3. The van der Waals surface area contributed by atoms with Gasteiger partial charge in [0.25, 0.3) is 0 Å². The average molecular weight is 430 g/mol. The number of sulfonamides is 1. The normalized spacial score (nSPS) is 19.0. The first-order valence-corrected chi connectivity index (χ1v) is 11.2. The van der Waals surface area contributed by atoms with Crippen molar-refractivity contribution in [3.05, 3.63) is 18.2 Å². The summed E-state index contributed by atoms with van der Waals surface area (Å²) in [4.78, 5) is 2.21. The van der Waals surface area contributed by atoms with Crippen molar-refractivity contribution in [2.24, 2.45) is 0 Å². The first-order chi connectivity index (χ1) is 13.4. The SMILES string of the molecule is COCC(C)NC(=S)N1CCN(S(=O)(=O)c2ccc3c(c2)OCCCO3)CC1. The average Bonchev–Trinajstić information content (AvgIpc) is 2.93. The number of hydrogen-bond acceptors (Lipinski definition) is 6. The molecule has 156 valence electrons. The smallest absolute Gasteiger partial charge is 0.243 e. The lowest BCUT2D eigenvalue weighted by Crippen LogP contribution is -2.54. The number of fused-ring (bicyclic) bond motifs is 1. The summed E-state index contributed by atoms with van der Waals surface area (Å²) >= 11 is 5.43. The van der Waals surface area contributed by atoms with Gasteiger partial charge in [0.05, 0.1) is 24.7 Å². The van der Waals surface area contributed by atoms with Crippen LogP contribution in [0.1, 0.15) is 13.3 Å². The maximum atomic E-state index is 13.0. The van der Waals surface area contributed by atoms with E-state index in [4.69, 9.17) is 26.4 Å². The van der Waals surface area contributed by atoms with Crippen LogP contribution in [0.4, 0.5) is 0 Å². The Labute approximate surface area is 171 Å². The zero-order valence-corrected chi connectivity index (χ0v) is 17.9. The molecule has 0 radical (unpaired) electrons. The lowest BCUT2D eigenvalue weighted by molar-refractivity contribution is 0.176. The molecule has 0 aromatic heterocycles. The van der Waals surface area contributed by atoms with Crippen LogP contribution in [0.3, 0.4) is 0 Å². The topological polar surface area (TPSA) is 80.3 Å². The molecule has 3 rings (SSSR count). The van der Waals surface area contributed by atoms with Crippen LogP contribution in [0.5, 0.6) is 11.5 Å². The second-order valence-corrected chi connectivity index (χ2v) is 9.18. The molecule has 0 aliphatic carbocycles. The summed E-state index contributed by atoms with van der Waals surface area (Å²) in [6.45, 7) is 5.44. The molecule has 2 heterocycles. The van der Waals surface area contributed by atoms with Gasteiger partial charge in [-0.15, -0.1) is 0 Å². The van der Waals surface area contributed by atoms with Gasteiger partial charge < -0.3 is 24.4 Å². The van der Waals surface area contributed by atoms with Crippen LogP contribution < -0.4 is 14.8 Å². The van der Waals surface area contributed by atoms with E-state index < -0.39 is 10.0 Å². The van der Waals surface area contributed by atoms with Gasteiger partial charge in [0.1, 0.15) is 0 Å². The molecule has 10 heteroatoms. The van der Waals surface area contributed by atoms with Crippen LogP contribution in [0, 0.1) is 0 Å². The number of nitrogens with one attached hydrogen (secondary N) is 1. The Bertz CT molecular complexity index is 794. The van der Waals surface area contributed by atoms with E-state index in [1.54, 1.807) is 25.3 Å². The van der Waals surface area contributed by atoms with Crippen LogP contribution in [0.15, 0.2) is 23.1 Å². The van der Waals surface area contributed by atoms with Crippen molar-refractivity contribution >= 4 is 27.4 Å². The molecule has 1 N–H and O–H groups in total. The Morgan fingerprint density at radius 3 is 2.57 bits per heavy atom. The molecule has 0 spiro atoms. The molecule has 1 fully saturated rings. The molecular weight excluding hydrogens is 402 g/mol. The lowest BCUT2D eigenvalue weighted by Gasteiger charge is -2.36. The molecule has 0 amide bonds. The number of hydrogen-bond donors (Lipinski definition) is 1. The van der Waals surface area contributed by atoms with Crippen molar-refractivity contribution in [3.63, 3.8) is 0 Å². The Morgan fingerprint density at radius 1 is 1.21 bits per heavy atom. The van der Waals surface area contributed by atoms with Crippen molar-refractivity contribution in [2.75, 3.05) is 53.1 Å². The Balaban J connectivity index is 1.63. The second-order valence-electron chi connectivity index (χ2n) is 6.86. The van der Waals surface area contributed by atoms with Gasteiger partial charge >= 0.3 is 0 Å². The van der Waals surface area contributed by atoms with Crippen LogP contribution >= 0.6 is 12.2 Å². The first kappa shape index (κ1) is 21.1. The van der Waals surface area contributed by atoms with Crippen LogP contribution in [0.2, 0.25) is 0 Å². The highest BCUT2D eigenvalue weighted by molar-refractivity contribution is 7.89. The molecule has 2 aliphatic rings. The second kappa shape index (κ2) is 9.25. The van der Waals surface area contributed by atoms with Gasteiger partial charge in [0.15, 0.2) is 16.6 Å². The van der Waals surface area contributed by atoms with Crippen molar-refractivity contribution in [3.8, 4) is 11.5 Å². The number of methoxy groups -OCH3 is 1. The molecule has 1 atom stereocenters. The standard InChI is InChI=1S/C18H27N3O5S2/c1-14(13-24-2)19-18(27)20-6-8-21(9-7-20)28(22,23)15-4-5-16-17(12-15)26-11-3-10-25-16/h4-5,12,14H,3,6-11,13H2,1-2H3,(H,19,27). The van der Waals surface area contributed by atoms with Crippen LogP contribution in [0.25, 0.3) is 0 Å². The minimum atomic E-state index is -3.60. The number of nitrogens with zero attached hydrogens (tertiary/aromatic N) is 2. The molecular formula is C18H27N3O5S2. The highest BCUT2D eigenvalue weighted by Gasteiger charge is 2.30. The van der Waals surface area contributed by atoms with E-state index in [1.807, 2.05) is 11.8 Å². The Kier molecular flexibility index (Phi) is 6.97. The fourth-order valence-electron chi connectivity index (χ4n) is 3.18. The fraction of sp³-hybridized carbons (Fsp3) is 0.611. The number of rotatable bonds is 5. The van der Waals surface area contributed by atoms with E-state index in [0.29, 0.717) is 62.6 Å². The highest BCUT2D eigenvalue weighted by Crippen LogP contribution is 2.33. The summed E-state index contributed by atoms with van der Waals surface area (Å²) in [5.41, 5.74) is 0. The summed E-state index contributed by atoms with van der Waals surface area (Å²) in [5, 5.41) is 3.83. The first-order valence-electron chi connectivity index (χ1n) is 9.36. The number of thiocarbonyl (C=S) groups is 1. The van der Waals surface area contributed by atoms with E-state index in [9.17, 15) is 8.42 Å². The summed E-state index contributed by atoms with van der Waals surface area (Å²) in [6.07, 6.45) is 0.773. The molecule has 1 saturated heterocycles. The zero-order valence-electron chi connectivity index (χ0n) is 16.2. The van der Waals surface area contributed by atoms with E-state index >= 15 is 0 Å². The monoisotopic (exact) mass is 429 g/mol. The molecule has 28 heavy (non-hydrogen) atoms. The third kappa shape index (κ3) is 4.86. The van der Waals surface area contributed by atoms with E-state index in [2.05, 4.69) is 5.32 Å². The van der Waals surface area contributed by atoms with Gasteiger partial charge in [0.2, 0.25) is 10.0 Å². The Hall–Kier alpha value is -1.62. The zero-order chi connectivity index (χ0) is 20.1. The molecule has 0 saturated carbocycles. The fourth-order valence-corrected chi connectivity index (χ4v) is 5.00. The predicted octanol–water partition coefficient (Wildman–Crippen LogP) is 1.06. The summed E-state index contributed by atoms with van der Waals surface area (Å²) in [7, 11) is -1.96. The third-order valence-electron chi connectivity index (χ3n) is 4.67. The van der Waals surface area contributed by atoms with Crippen LogP contribution in [-0.2, 0) is 14.8 Å². The lowest BCUT2D eigenvalue weighted by atomic mass is 10.3. The van der Waals surface area contributed by atoms with Crippen molar-refractivity contribution in [1.82, 2.24) is 14.5 Å². The molecule has 0 bridgehead atoms. The molecule has 2 aliphatic heterocycles. The van der Waals surface area contributed by atoms with Gasteiger partial charge in [-0.2, -0.15) is 4.31 Å². The summed E-state index contributed by atoms with van der Waals surface area (Å²) in [5.74, 6) is 1.07. The minimum absolute atomic E-state index is 0.0982. The Morgan fingerprint density at radius 2 is 1.89 bits per heavy atom. The summed E-state index contributed by atoms with van der Waals surface area (Å²) in [6, 6.07) is 4.90. The molecule has 8 nitrogen and oxygen atoms in total. The van der Waals surface area contributed by atoms with E-state index in [0.717, 1.165) is 6.42 Å². The molecule has 1 aromatic rings. The third-order valence-corrected chi connectivity index (χ3v) is 6.94. The highest BCUT2D eigenvalue weighted by atomic mass is 32.2. The van der Waals surface area contributed by atoms with E-state index in [-0.39, 0.29) is 10.9 Å². The van der Waals surface area contributed by atoms with Gasteiger partial charge in [0, 0.05) is 51.8 Å². The minimum Gasteiger partial charge on any atom is -0.490 e. The van der Waals surface area contributed by atoms with Crippen molar-refractivity contribution < 1.29 is 22.6 Å². The van der Waals surface area contributed by atoms with Gasteiger partial charge in [-0.3, -0.25) is 0 Å². The summed E-state index contributed by atoms with van der Waals surface area (Å²) < 4.78 is 43.9. The number of benzene rings is 1. The predicted molar refractivity (Wildman–Crippen MR) is 109 cm³/mol. The van der Waals surface area contributed by atoms with Crippen molar-refractivity contribution in [1.29, 1.82) is 0 Å². The van der Waals surface area contributed by atoms with Gasteiger partial charge in [-0.05, 0) is 31.3 Å². The van der Waals surface area contributed by atoms with Gasteiger partial charge in [-0.1, -0.05) is 0 Å². The van der Waals surface area contributed by atoms with Gasteiger partial charge in [-0.25, -0.2) is 8.42 Å². The molecule has 1 unspecified atom stereocenters. The quantitative estimate of drug-likeness (QED) is 0.696. The van der Waals surface area contributed by atoms with Crippen molar-refractivity contribution in [2.45, 2.75) is 24.3 Å². The molecule has 1 aromatic carbocycles. The maximum Gasteiger partial charge on any atom is 0.243 e. The maximum absolute atomic E-state index is 13.0. The largest absolute Gasteiger partial charge is 0.490 e. The van der Waals surface area contributed by atoms with E-state index in [1.165, 1.54) is 4.31 Å². The number of piperazine rings is 1.